The summed E-state index contributed by atoms with van der Waals surface area (Å²) in [6.07, 6.45) is 5.67. The number of fused-ring (bicyclic) bond motifs is 7. The topological polar surface area (TPSA) is 69.7 Å². The quantitative estimate of drug-likeness (QED) is 0.257. The van der Waals surface area contributed by atoms with Crippen molar-refractivity contribution >= 4 is 52.2 Å². The standard InChI is InChI=1S/C39H47F3O5S3/c1-5-34(44)47-39(35(45)48-20-40)22(2)14-27-28-17-30(41)29-16-26(43)12-13-36(29,3)38(28,42)33(18-37(27,39)4)46-19-23-6-7-24-8-10-31-32(50-21-49-31)11-9-25(24)15-23/h6-7,12-13,15-16,22,27-28,30-33H,5,8-11,14,17-21H2,1-4H3. The molecule has 7 rings (SSSR count). The Balaban J connectivity index is 1.28. The summed E-state index contributed by atoms with van der Waals surface area (Å²) in [6.45, 7) is 7.01. The van der Waals surface area contributed by atoms with Gasteiger partial charge >= 0.3 is 5.97 Å². The minimum atomic E-state index is -2.15. The monoisotopic (exact) mass is 748 g/mol. The highest BCUT2D eigenvalue weighted by molar-refractivity contribution is 8.19. The van der Waals surface area contributed by atoms with Crippen LogP contribution in [-0.4, -0.2) is 62.0 Å². The third-order valence-electron chi connectivity index (χ3n) is 13.3. The van der Waals surface area contributed by atoms with E-state index < -0.39 is 69.2 Å². The fourth-order valence-electron chi connectivity index (χ4n) is 10.8. The molecule has 272 valence electrons. The van der Waals surface area contributed by atoms with E-state index in [0.717, 1.165) is 36.3 Å². The lowest BCUT2D eigenvalue weighted by atomic mass is 9.44. The minimum Gasteiger partial charge on any atom is -0.449 e. The van der Waals surface area contributed by atoms with E-state index in [0.29, 0.717) is 28.7 Å². The molecule has 0 aromatic heterocycles. The van der Waals surface area contributed by atoms with Crippen molar-refractivity contribution in [2.24, 2.45) is 28.6 Å². The van der Waals surface area contributed by atoms with Crippen molar-refractivity contribution in [2.75, 3.05) is 11.1 Å². The highest BCUT2D eigenvalue weighted by Crippen LogP contribution is 2.72. The zero-order valence-electron chi connectivity index (χ0n) is 29.2. The Bertz CT molecular complexity index is 1620. The SMILES string of the molecule is CCC(=O)OC1(C(=O)SCF)C(C)CC2C3CC(F)C4=CC(=O)C=CC4(C)C3(F)C(OCc3ccc4c(c3)CCC3SCSC3CC4)CC21C. The van der Waals surface area contributed by atoms with Crippen LogP contribution >= 0.6 is 35.3 Å². The van der Waals surface area contributed by atoms with E-state index in [4.69, 9.17) is 9.47 Å². The summed E-state index contributed by atoms with van der Waals surface area (Å²) < 4.78 is 61.8. The van der Waals surface area contributed by atoms with Gasteiger partial charge in [-0.25, -0.2) is 13.2 Å². The Morgan fingerprint density at radius 1 is 1.06 bits per heavy atom. The Kier molecular flexibility index (Phi) is 9.99. The summed E-state index contributed by atoms with van der Waals surface area (Å²) >= 11 is 4.59. The molecule has 3 saturated carbocycles. The number of allylic oxidation sites excluding steroid dienone is 4. The van der Waals surface area contributed by atoms with Gasteiger partial charge in [-0.2, -0.15) is 0 Å². The van der Waals surface area contributed by atoms with Crippen molar-refractivity contribution in [1.29, 1.82) is 0 Å². The molecule has 0 amide bonds. The number of ether oxygens (including phenoxy) is 2. The van der Waals surface area contributed by atoms with Crippen LogP contribution in [0.15, 0.2) is 42.0 Å². The number of hydrogen-bond acceptors (Lipinski definition) is 8. The zero-order valence-corrected chi connectivity index (χ0v) is 31.6. The van der Waals surface area contributed by atoms with Crippen LogP contribution in [0.5, 0.6) is 0 Å². The lowest BCUT2D eigenvalue weighted by molar-refractivity contribution is -0.241. The molecule has 5 aliphatic carbocycles. The van der Waals surface area contributed by atoms with Crippen LogP contribution in [0.4, 0.5) is 13.2 Å². The fraction of sp³-hybridized carbons (Fsp3) is 0.667. The maximum absolute atomic E-state index is 18.8. The van der Waals surface area contributed by atoms with Gasteiger partial charge in [0, 0.05) is 44.7 Å². The van der Waals surface area contributed by atoms with E-state index in [1.165, 1.54) is 29.4 Å². The summed E-state index contributed by atoms with van der Waals surface area (Å²) in [6, 6.07) is 5.39. The van der Waals surface area contributed by atoms with Gasteiger partial charge in [-0.05, 0) is 104 Å². The van der Waals surface area contributed by atoms with E-state index in [-0.39, 0.29) is 37.2 Å². The molecule has 0 spiro atoms. The summed E-state index contributed by atoms with van der Waals surface area (Å²) in [4.78, 5) is 39.6. The van der Waals surface area contributed by atoms with Crippen LogP contribution in [-0.2, 0) is 43.3 Å². The smallest absolute Gasteiger partial charge is 0.306 e. The zero-order chi connectivity index (χ0) is 35.6. The van der Waals surface area contributed by atoms with Crippen LogP contribution in [0.25, 0.3) is 0 Å². The first-order chi connectivity index (χ1) is 23.8. The van der Waals surface area contributed by atoms with Crippen LogP contribution in [0.3, 0.4) is 0 Å². The van der Waals surface area contributed by atoms with Gasteiger partial charge in [-0.15, -0.1) is 23.5 Å². The number of aryl methyl sites for hydroxylation is 2. The van der Waals surface area contributed by atoms with Crippen LogP contribution in [0.1, 0.15) is 82.9 Å². The lowest BCUT2D eigenvalue weighted by Crippen LogP contribution is -2.71. The van der Waals surface area contributed by atoms with Gasteiger partial charge in [-0.3, -0.25) is 14.4 Å². The first-order valence-electron chi connectivity index (χ1n) is 18.0. The Hall–Kier alpha value is -1.69. The maximum Gasteiger partial charge on any atom is 0.306 e. The average Bonchev–Trinajstić information content (AvgIpc) is 3.62. The molecule has 0 bridgehead atoms. The highest BCUT2D eigenvalue weighted by Gasteiger charge is 2.78. The number of rotatable bonds is 7. The van der Waals surface area contributed by atoms with E-state index in [1.54, 1.807) is 20.8 Å². The van der Waals surface area contributed by atoms with Gasteiger partial charge in [0.15, 0.2) is 17.1 Å². The molecular formula is C39H47F3O5S3. The van der Waals surface area contributed by atoms with Crippen molar-refractivity contribution in [3.8, 4) is 0 Å². The Morgan fingerprint density at radius 2 is 1.78 bits per heavy atom. The minimum absolute atomic E-state index is 0.00487. The molecule has 11 unspecified atom stereocenters. The molecule has 5 nitrogen and oxygen atoms in total. The summed E-state index contributed by atoms with van der Waals surface area (Å²) in [7, 11) is 0. The van der Waals surface area contributed by atoms with Crippen LogP contribution in [0.2, 0.25) is 0 Å². The van der Waals surface area contributed by atoms with Gasteiger partial charge in [0.2, 0.25) is 5.12 Å². The molecule has 11 heteroatoms. The molecule has 1 aliphatic heterocycles. The molecule has 1 aromatic rings. The lowest BCUT2D eigenvalue weighted by Gasteiger charge is -2.64. The fourth-order valence-corrected chi connectivity index (χ4v) is 15.0. The van der Waals surface area contributed by atoms with Gasteiger partial charge in [0.1, 0.15) is 12.2 Å². The van der Waals surface area contributed by atoms with Gasteiger partial charge in [0.25, 0.3) is 0 Å². The predicted octanol–water partition coefficient (Wildman–Crippen LogP) is 8.71. The second-order valence-corrected chi connectivity index (χ2v) is 19.3. The summed E-state index contributed by atoms with van der Waals surface area (Å²) in [5.41, 5.74) is -2.91. The van der Waals surface area contributed by atoms with Gasteiger partial charge in [0.05, 0.1) is 12.7 Å². The summed E-state index contributed by atoms with van der Waals surface area (Å²) in [5.74, 6) is -3.06. The number of carbonyl (C=O) groups is 3. The highest BCUT2D eigenvalue weighted by atomic mass is 32.2. The third-order valence-corrected chi connectivity index (χ3v) is 17.2. The molecule has 11 atom stereocenters. The average molecular weight is 749 g/mol. The molecule has 0 radical (unpaired) electrons. The van der Waals surface area contributed by atoms with E-state index in [2.05, 4.69) is 35.7 Å². The molecule has 1 saturated heterocycles. The van der Waals surface area contributed by atoms with Crippen molar-refractivity contribution in [3.63, 3.8) is 0 Å². The number of alkyl halides is 3. The molecule has 0 N–H and O–H groups in total. The second kappa shape index (κ2) is 13.6. The first-order valence-corrected chi connectivity index (χ1v) is 21.1. The first kappa shape index (κ1) is 36.7. The molecule has 6 aliphatic rings. The Morgan fingerprint density at radius 3 is 2.48 bits per heavy atom. The predicted molar refractivity (Wildman–Crippen MR) is 194 cm³/mol. The van der Waals surface area contributed by atoms with Gasteiger partial charge in [-0.1, -0.05) is 45.0 Å². The van der Waals surface area contributed by atoms with Gasteiger partial charge < -0.3 is 9.47 Å². The largest absolute Gasteiger partial charge is 0.449 e. The number of hydrogen-bond donors (Lipinski definition) is 0. The number of benzene rings is 1. The van der Waals surface area contributed by atoms with Crippen LogP contribution < -0.4 is 0 Å². The Labute approximate surface area is 306 Å². The van der Waals surface area contributed by atoms with Crippen LogP contribution in [0, 0.1) is 28.6 Å². The second-order valence-electron chi connectivity index (χ2n) is 15.6. The number of thioether (sulfide) groups is 3. The molecule has 4 fully saturated rings. The summed E-state index contributed by atoms with van der Waals surface area (Å²) in [5, 5.41) is 1.90. The normalized spacial score (nSPS) is 41.9. The third kappa shape index (κ3) is 5.51. The number of ketones is 1. The molecular weight excluding hydrogens is 702 g/mol. The van der Waals surface area contributed by atoms with Crippen molar-refractivity contribution in [3.05, 3.63) is 58.7 Å². The number of halogens is 3. The van der Waals surface area contributed by atoms with Crippen molar-refractivity contribution in [1.82, 2.24) is 0 Å². The molecule has 1 aromatic carbocycles. The van der Waals surface area contributed by atoms with Crippen molar-refractivity contribution in [2.45, 2.75) is 120 Å². The molecule has 1 heterocycles. The van der Waals surface area contributed by atoms with E-state index >= 15 is 8.78 Å². The van der Waals surface area contributed by atoms with E-state index in [1.807, 2.05) is 13.0 Å². The number of carbonyl (C=O) groups excluding carboxylic acids is 3. The maximum atomic E-state index is 18.8. The molecule has 50 heavy (non-hydrogen) atoms. The van der Waals surface area contributed by atoms with Crippen molar-refractivity contribution < 1.29 is 37.0 Å². The number of esters is 1. The van der Waals surface area contributed by atoms with E-state index in [9.17, 15) is 18.8 Å².